The molecule has 1 aliphatic carbocycles. The molecule has 2 aliphatic rings. The highest BCUT2D eigenvalue weighted by atomic mass is 79.9. The number of ether oxygens (including phenoxy) is 3. The number of esters is 1. The molecule has 0 aromatic heterocycles. The molecular weight excluding hydrogens is 610 g/mol. The van der Waals surface area contributed by atoms with E-state index in [9.17, 15) is 18.4 Å². The van der Waals surface area contributed by atoms with Crippen molar-refractivity contribution >= 4 is 33.4 Å². The Bertz CT molecular complexity index is 1520. The fourth-order valence-electron chi connectivity index (χ4n) is 5.14. The number of carbonyl (C=O) groups is 2. The maximum Gasteiger partial charge on any atom is 0.335 e. The molecule has 1 fully saturated rings. The first-order valence-corrected chi connectivity index (χ1v) is 14.5. The zero-order valence-electron chi connectivity index (χ0n) is 23.1. The molecule has 1 saturated carbocycles. The van der Waals surface area contributed by atoms with Crippen molar-refractivity contribution in [2.75, 3.05) is 26.3 Å². The van der Waals surface area contributed by atoms with E-state index >= 15 is 0 Å². The average Bonchev–Trinajstić information content (AvgIpc) is 3.81. The Morgan fingerprint density at radius 3 is 2.40 bits per heavy atom. The monoisotopic (exact) mass is 640 g/mol. The molecule has 1 heterocycles. The van der Waals surface area contributed by atoms with Crippen LogP contribution in [0.5, 0.6) is 11.5 Å². The number of rotatable bonds is 11. The van der Waals surface area contributed by atoms with E-state index in [-0.39, 0.29) is 32.3 Å². The predicted molar refractivity (Wildman–Crippen MR) is 157 cm³/mol. The van der Waals surface area contributed by atoms with Crippen LogP contribution in [-0.2, 0) is 20.9 Å². The maximum absolute atomic E-state index is 14.1. The van der Waals surface area contributed by atoms with E-state index in [1.807, 2.05) is 41.3 Å². The van der Waals surface area contributed by atoms with E-state index in [1.165, 1.54) is 13.0 Å². The Morgan fingerprint density at radius 2 is 1.71 bits per heavy atom. The minimum Gasteiger partial charge on any atom is -0.490 e. The van der Waals surface area contributed by atoms with E-state index in [0.29, 0.717) is 42.7 Å². The highest BCUT2D eigenvalue weighted by Gasteiger charge is 2.54. The third-order valence-corrected chi connectivity index (χ3v) is 8.51. The molecule has 0 saturated heterocycles. The van der Waals surface area contributed by atoms with Crippen molar-refractivity contribution < 1.29 is 32.6 Å². The second-order valence-electron chi connectivity index (χ2n) is 10.4. The standard InChI is InChI=1S/C32H31BrF2N2O5/c1-20-6-11-27(34)29(28(20)35)41-17-16-40-23-9-7-21(8-10-23)24-12-15-37(32(13-14-32)31(36)39)18-25(24)30(38)42-19-22-4-2-3-5-26(22)33/h2-11H,12-19H2,1H3,(H2,36,39). The Balaban J connectivity index is 1.28. The molecule has 0 spiro atoms. The van der Waals surface area contributed by atoms with Gasteiger partial charge in [-0.2, -0.15) is 0 Å². The number of aryl methyl sites for hydroxylation is 1. The van der Waals surface area contributed by atoms with E-state index in [1.54, 1.807) is 12.1 Å². The van der Waals surface area contributed by atoms with Gasteiger partial charge in [0.05, 0.1) is 5.57 Å². The van der Waals surface area contributed by atoms with E-state index in [4.69, 9.17) is 19.9 Å². The summed E-state index contributed by atoms with van der Waals surface area (Å²) in [7, 11) is 0. The molecule has 5 rings (SSSR count). The Kier molecular flexibility index (Phi) is 8.93. The van der Waals surface area contributed by atoms with Crippen molar-refractivity contribution in [3.05, 3.63) is 99.0 Å². The third-order valence-electron chi connectivity index (χ3n) is 7.74. The summed E-state index contributed by atoms with van der Waals surface area (Å²) in [4.78, 5) is 27.6. The van der Waals surface area contributed by atoms with Gasteiger partial charge in [-0.1, -0.05) is 52.3 Å². The molecule has 1 aliphatic heterocycles. The molecule has 0 bridgehead atoms. The number of halogens is 3. The van der Waals surface area contributed by atoms with E-state index in [2.05, 4.69) is 15.9 Å². The number of primary amides is 1. The number of nitrogens with two attached hydrogens (primary N) is 1. The first kappa shape index (κ1) is 29.7. The molecule has 42 heavy (non-hydrogen) atoms. The van der Waals surface area contributed by atoms with Crippen LogP contribution < -0.4 is 15.2 Å². The minimum absolute atomic E-state index is 0.0465. The molecule has 10 heteroatoms. The number of carbonyl (C=O) groups excluding carboxylic acids is 2. The van der Waals surface area contributed by atoms with Gasteiger partial charge in [0, 0.05) is 23.1 Å². The van der Waals surface area contributed by atoms with Crippen LogP contribution in [0, 0.1) is 18.6 Å². The summed E-state index contributed by atoms with van der Waals surface area (Å²) in [5, 5.41) is 0. The first-order chi connectivity index (χ1) is 20.2. The highest BCUT2D eigenvalue weighted by Crippen LogP contribution is 2.44. The van der Waals surface area contributed by atoms with Crippen LogP contribution in [0.3, 0.4) is 0 Å². The van der Waals surface area contributed by atoms with Gasteiger partial charge in [0.2, 0.25) is 5.91 Å². The largest absolute Gasteiger partial charge is 0.490 e. The SMILES string of the molecule is Cc1ccc(F)c(OCCOc2ccc(C3=C(C(=O)OCc4ccccc4Br)CN(C4(C(N)=O)CC4)CC3)cc2)c1F. The molecule has 0 unspecified atom stereocenters. The van der Waals surface area contributed by atoms with Gasteiger partial charge in [0.1, 0.15) is 31.1 Å². The number of benzene rings is 3. The maximum atomic E-state index is 14.1. The Morgan fingerprint density at radius 1 is 1.00 bits per heavy atom. The summed E-state index contributed by atoms with van der Waals surface area (Å²) in [5.41, 5.74) is 8.32. The molecule has 0 atom stereocenters. The second kappa shape index (κ2) is 12.6. The zero-order valence-corrected chi connectivity index (χ0v) is 24.7. The van der Waals surface area contributed by atoms with Crippen molar-refractivity contribution in [3.63, 3.8) is 0 Å². The van der Waals surface area contributed by atoms with Gasteiger partial charge in [-0.25, -0.2) is 13.6 Å². The fourth-order valence-corrected chi connectivity index (χ4v) is 5.54. The Hall–Kier alpha value is -3.76. The molecule has 3 aromatic rings. The zero-order chi connectivity index (χ0) is 29.9. The van der Waals surface area contributed by atoms with Crippen molar-refractivity contribution in [2.45, 2.75) is 38.3 Å². The highest BCUT2D eigenvalue weighted by molar-refractivity contribution is 9.10. The van der Waals surface area contributed by atoms with Crippen molar-refractivity contribution in [1.82, 2.24) is 4.90 Å². The quantitative estimate of drug-likeness (QED) is 0.213. The van der Waals surface area contributed by atoms with Crippen LogP contribution in [0.15, 0.2) is 70.7 Å². The van der Waals surface area contributed by atoms with Gasteiger partial charge in [-0.3, -0.25) is 9.69 Å². The minimum atomic E-state index is -0.768. The lowest BCUT2D eigenvalue weighted by atomic mass is 9.92. The van der Waals surface area contributed by atoms with Crippen LogP contribution >= 0.6 is 15.9 Å². The smallest absolute Gasteiger partial charge is 0.335 e. The van der Waals surface area contributed by atoms with Crippen LogP contribution in [0.1, 0.15) is 36.0 Å². The van der Waals surface area contributed by atoms with Crippen LogP contribution in [-0.4, -0.2) is 48.6 Å². The van der Waals surface area contributed by atoms with Crippen molar-refractivity contribution in [3.8, 4) is 11.5 Å². The van der Waals surface area contributed by atoms with Gasteiger partial charge < -0.3 is 19.9 Å². The molecule has 3 aromatic carbocycles. The third kappa shape index (κ3) is 6.34. The summed E-state index contributed by atoms with van der Waals surface area (Å²) in [5.74, 6) is -2.20. The van der Waals surface area contributed by atoms with Gasteiger partial charge >= 0.3 is 5.97 Å². The normalized spacial score (nSPS) is 16.2. The lowest BCUT2D eigenvalue weighted by Gasteiger charge is -2.35. The molecular formula is C32H31BrF2N2O5. The lowest BCUT2D eigenvalue weighted by molar-refractivity contribution is -0.141. The number of nitrogens with zero attached hydrogens (tertiary/aromatic N) is 1. The van der Waals surface area contributed by atoms with Gasteiger partial charge in [0.25, 0.3) is 0 Å². The van der Waals surface area contributed by atoms with Crippen molar-refractivity contribution in [2.24, 2.45) is 5.73 Å². The first-order valence-electron chi connectivity index (χ1n) is 13.7. The van der Waals surface area contributed by atoms with E-state index < -0.39 is 28.9 Å². The van der Waals surface area contributed by atoms with Crippen LogP contribution in [0.4, 0.5) is 8.78 Å². The topological polar surface area (TPSA) is 91.1 Å². The Labute approximate surface area is 251 Å². The predicted octanol–water partition coefficient (Wildman–Crippen LogP) is 5.71. The summed E-state index contributed by atoms with van der Waals surface area (Å²) >= 11 is 3.48. The molecule has 1 amide bonds. The van der Waals surface area contributed by atoms with Gasteiger partial charge in [-0.15, -0.1) is 0 Å². The fraction of sp³-hybridized carbons (Fsp3) is 0.312. The lowest BCUT2D eigenvalue weighted by Crippen LogP contribution is -2.50. The number of hydrogen-bond donors (Lipinski definition) is 1. The molecule has 220 valence electrons. The van der Waals surface area contributed by atoms with Crippen molar-refractivity contribution in [1.29, 1.82) is 0 Å². The molecule has 2 N–H and O–H groups in total. The second-order valence-corrected chi connectivity index (χ2v) is 11.3. The summed E-state index contributed by atoms with van der Waals surface area (Å²) in [6.07, 6.45) is 1.89. The summed E-state index contributed by atoms with van der Waals surface area (Å²) in [6.45, 7) is 2.51. The average molecular weight is 642 g/mol. The number of amides is 1. The van der Waals surface area contributed by atoms with Gasteiger partial charge in [-0.05, 0) is 67.2 Å². The molecule has 7 nitrogen and oxygen atoms in total. The van der Waals surface area contributed by atoms with E-state index in [0.717, 1.165) is 27.2 Å². The number of hydrogen-bond acceptors (Lipinski definition) is 6. The van der Waals surface area contributed by atoms with Gasteiger partial charge in [0.15, 0.2) is 17.4 Å². The van der Waals surface area contributed by atoms with Crippen LogP contribution in [0.25, 0.3) is 5.57 Å². The molecule has 0 radical (unpaired) electrons. The van der Waals surface area contributed by atoms with Crippen LogP contribution in [0.2, 0.25) is 0 Å². The summed E-state index contributed by atoms with van der Waals surface area (Å²) < 4.78 is 45.6. The summed E-state index contributed by atoms with van der Waals surface area (Å²) in [6, 6.07) is 17.3.